The molecular formula is C14H18N3O2P. The van der Waals surface area contributed by atoms with Crippen molar-refractivity contribution in [1.82, 2.24) is 15.5 Å². The summed E-state index contributed by atoms with van der Waals surface area (Å²) in [7, 11) is 2.66. The van der Waals surface area contributed by atoms with Crippen molar-refractivity contribution < 1.29 is 9.32 Å². The maximum atomic E-state index is 11.7. The smallest absolute Gasteiger partial charge is 0.251 e. The van der Waals surface area contributed by atoms with Gasteiger partial charge in [0.15, 0.2) is 0 Å². The van der Waals surface area contributed by atoms with Gasteiger partial charge in [-0.15, -0.1) is 9.24 Å². The topological polar surface area (TPSA) is 68.0 Å². The van der Waals surface area contributed by atoms with Crippen LogP contribution in [0.1, 0.15) is 37.0 Å². The number of amides is 1. The molecule has 0 aliphatic carbocycles. The first-order chi connectivity index (χ1) is 9.41. The van der Waals surface area contributed by atoms with Gasteiger partial charge in [-0.25, -0.2) is 0 Å². The Kier molecular flexibility index (Phi) is 4.19. The second-order valence-electron chi connectivity index (χ2n) is 5.08. The zero-order chi connectivity index (χ0) is 14.8. The van der Waals surface area contributed by atoms with E-state index in [0.29, 0.717) is 23.8 Å². The third-order valence-electron chi connectivity index (χ3n) is 2.72. The summed E-state index contributed by atoms with van der Waals surface area (Å²) in [5, 5.41) is 6.46. The summed E-state index contributed by atoms with van der Waals surface area (Å²) in [6.45, 7) is 6.45. The SMILES string of the molecule is CCNC(=O)c1ccc(-c2noc(C(C)(C)P)n2)cc1. The fourth-order valence-corrected chi connectivity index (χ4v) is 1.75. The Bertz CT molecular complexity index is 600. The second kappa shape index (κ2) is 5.71. The van der Waals surface area contributed by atoms with Crippen LogP contribution in [0, 0.1) is 0 Å². The normalized spacial score (nSPS) is 11.4. The van der Waals surface area contributed by atoms with Gasteiger partial charge in [0, 0.05) is 17.7 Å². The molecule has 1 heterocycles. The summed E-state index contributed by atoms with van der Waals surface area (Å²) in [5.74, 6) is 1.00. The van der Waals surface area contributed by atoms with Gasteiger partial charge in [0.05, 0.1) is 5.16 Å². The molecule has 0 radical (unpaired) electrons. The molecule has 0 bridgehead atoms. The van der Waals surface area contributed by atoms with Crippen LogP contribution in [0.4, 0.5) is 0 Å². The van der Waals surface area contributed by atoms with Crippen molar-refractivity contribution in [3.63, 3.8) is 0 Å². The molecule has 20 heavy (non-hydrogen) atoms. The summed E-state index contributed by atoms with van der Waals surface area (Å²) in [5.41, 5.74) is 1.44. The first kappa shape index (κ1) is 14.7. The van der Waals surface area contributed by atoms with Crippen LogP contribution >= 0.6 is 9.24 Å². The highest BCUT2D eigenvalue weighted by molar-refractivity contribution is 7.18. The molecule has 1 N–H and O–H groups in total. The number of nitrogens with zero attached hydrogens (tertiary/aromatic N) is 2. The van der Waals surface area contributed by atoms with Gasteiger partial charge in [-0.3, -0.25) is 4.79 Å². The van der Waals surface area contributed by atoms with E-state index < -0.39 is 0 Å². The summed E-state index contributed by atoms with van der Waals surface area (Å²) < 4.78 is 5.24. The Labute approximate surface area is 120 Å². The maximum absolute atomic E-state index is 11.7. The van der Waals surface area contributed by atoms with E-state index in [1.54, 1.807) is 12.1 Å². The van der Waals surface area contributed by atoms with E-state index in [1.165, 1.54) is 0 Å². The van der Waals surface area contributed by atoms with Crippen molar-refractivity contribution in [2.75, 3.05) is 6.54 Å². The lowest BCUT2D eigenvalue weighted by molar-refractivity contribution is 0.0956. The van der Waals surface area contributed by atoms with Crippen molar-refractivity contribution in [2.45, 2.75) is 25.9 Å². The van der Waals surface area contributed by atoms with Crippen LogP contribution in [-0.2, 0) is 5.16 Å². The molecule has 2 rings (SSSR count). The molecule has 0 aliphatic heterocycles. The molecular weight excluding hydrogens is 273 g/mol. The minimum atomic E-state index is -0.258. The zero-order valence-corrected chi connectivity index (χ0v) is 13.0. The third-order valence-corrected chi connectivity index (χ3v) is 2.97. The number of hydrogen-bond acceptors (Lipinski definition) is 4. The number of benzene rings is 1. The van der Waals surface area contributed by atoms with Crippen molar-refractivity contribution >= 4 is 15.1 Å². The molecule has 6 heteroatoms. The average molecular weight is 291 g/mol. The number of aromatic nitrogens is 2. The minimum absolute atomic E-state index is 0.0843. The van der Waals surface area contributed by atoms with Crippen LogP contribution in [0.2, 0.25) is 0 Å². The van der Waals surface area contributed by atoms with E-state index in [4.69, 9.17) is 4.52 Å². The number of carbonyl (C=O) groups is 1. The van der Waals surface area contributed by atoms with Crippen LogP contribution in [0.25, 0.3) is 11.4 Å². The van der Waals surface area contributed by atoms with Crippen LogP contribution in [0.5, 0.6) is 0 Å². The van der Waals surface area contributed by atoms with Crippen LogP contribution in [0.3, 0.4) is 0 Å². The van der Waals surface area contributed by atoms with Crippen molar-refractivity contribution in [1.29, 1.82) is 0 Å². The average Bonchev–Trinajstić information content (AvgIpc) is 2.89. The molecule has 1 amide bonds. The molecule has 1 unspecified atom stereocenters. The molecule has 2 aromatic rings. The Hall–Kier alpha value is -1.74. The van der Waals surface area contributed by atoms with E-state index in [-0.39, 0.29) is 11.1 Å². The molecule has 5 nitrogen and oxygen atoms in total. The quantitative estimate of drug-likeness (QED) is 0.879. The highest BCUT2D eigenvalue weighted by Crippen LogP contribution is 2.30. The Morgan fingerprint density at radius 2 is 2.00 bits per heavy atom. The van der Waals surface area contributed by atoms with Gasteiger partial charge in [-0.05, 0) is 32.9 Å². The van der Waals surface area contributed by atoms with Crippen LogP contribution in [-0.4, -0.2) is 22.6 Å². The molecule has 0 fully saturated rings. The highest BCUT2D eigenvalue weighted by Gasteiger charge is 2.22. The fourth-order valence-electron chi connectivity index (χ4n) is 1.64. The van der Waals surface area contributed by atoms with Crippen LogP contribution in [0.15, 0.2) is 28.8 Å². The van der Waals surface area contributed by atoms with Crippen LogP contribution < -0.4 is 5.32 Å². The standard InChI is InChI=1S/C14H18N3O2P/c1-4-15-12(18)10-7-5-9(6-8-10)11-16-13(19-17-11)14(2,3)20/h5-8H,4,20H2,1-3H3,(H,15,18). The molecule has 1 aromatic carbocycles. The van der Waals surface area contributed by atoms with E-state index in [9.17, 15) is 4.79 Å². The first-order valence-electron chi connectivity index (χ1n) is 6.43. The predicted octanol–water partition coefficient (Wildman–Crippen LogP) is 2.60. The predicted molar refractivity (Wildman–Crippen MR) is 80.5 cm³/mol. The van der Waals surface area contributed by atoms with Gasteiger partial charge in [0.1, 0.15) is 0 Å². The van der Waals surface area contributed by atoms with Gasteiger partial charge in [0.2, 0.25) is 11.7 Å². The van der Waals surface area contributed by atoms with Gasteiger partial charge < -0.3 is 9.84 Å². The van der Waals surface area contributed by atoms with Gasteiger partial charge >= 0.3 is 0 Å². The number of nitrogens with one attached hydrogen (secondary N) is 1. The number of carbonyl (C=O) groups excluding carboxylic acids is 1. The van der Waals surface area contributed by atoms with E-state index >= 15 is 0 Å². The van der Waals surface area contributed by atoms with Crippen molar-refractivity contribution in [2.24, 2.45) is 0 Å². The highest BCUT2D eigenvalue weighted by atomic mass is 31.0. The van der Waals surface area contributed by atoms with E-state index in [0.717, 1.165) is 5.56 Å². The monoisotopic (exact) mass is 291 g/mol. The maximum Gasteiger partial charge on any atom is 0.251 e. The third kappa shape index (κ3) is 3.23. The van der Waals surface area contributed by atoms with Gasteiger partial charge in [-0.1, -0.05) is 17.3 Å². The lowest BCUT2D eigenvalue weighted by Crippen LogP contribution is -2.22. The molecule has 1 atom stereocenters. The van der Waals surface area contributed by atoms with Gasteiger partial charge in [-0.2, -0.15) is 4.98 Å². The van der Waals surface area contributed by atoms with Gasteiger partial charge in [0.25, 0.3) is 5.91 Å². The lowest BCUT2D eigenvalue weighted by atomic mass is 10.1. The Morgan fingerprint density at radius 1 is 1.35 bits per heavy atom. The molecule has 0 saturated heterocycles. The number of hydrogen-bond donors (Lipinski definition) is 1. The van der Waals surface area contributed by atoms with Crippen molar-refractivity contribution in [3.05, 3.63) is 35.7 Å². The minimum Gasteiger partial charge on any atom is -0.352 e. The van der Waals surface area contributed by atoms with Crippen molar-refractivity contribution in [3.8, 4) is 11.4 Å². The lowest BCUT2D eigenvalue weighted by Gasteiger charge is -2.10. The second-order valence-corrected chi connectivity index (χ2v) is 6.53. The summed E-state index contributed by atoms with van der Waals surface area (Å²) in [4.78, 5) is 16.0. The molecule has 106 valence electrons. The molecule has 0 saturated carbocycles. The summed E-state index contributed by atoms with van der Waals surface area (Å²) in [6, 6.07) is 7.13. The van der Waals surface area contributed by atoms with E-state index in [1.807, 2.05) is 32.9 Å². The van der Waals surface area contributed by atoms with E-state index in [2.05, 4.69) is 24.7 Å². The molecule has 1 aromatic heterocycles. The fraction of sp³-hybridized carbons (Fsp3) is 0.357. The summed E-state index contributed by atoms with van der Waals surface area (Å²) >= 11 is 0. The Balaban J connectivity index is 2.22. The number of rotatable bonds is 4. The zero-order valence-electron chi connectivity index (χ0n) is 11.8. The molecule has 0 aliphatic rings. The molecule has 0 spiro atoms. The largest absolute Gasteiger partial charge is 0.352 e. The first-order valence-corrected chi connectivity index (χ1v) is 7.01. The Morgan fingerprint density at radius 3 is 2.50 bits per heavy atom. The summed E-state index contributed by atoms with van der Waals surface area (Å²) in [6.07, 6.45) is 0.